The van der Waals surface area contributed by atoms with Gasteiger partial charge < -0.3 is 14.8 Å². The summed E-state index contributed by atoms with van der Waals surface area (Å²) < 4.78 is 26.1. The van der Waals surface area contributed by atoms with E-state index in [2.05, 4.69) is 10.3 Å². The Bertz CT molecular complexity index is 1270. The second-order valence-electron chi connectivity index (χ2n) is 6.41. The number of halogens is 2. The van der Waals surface area contributed by atoms with E-state index in [1.54, 1.807) is 55.2 Å². The van der Waals surface area contributed by atoms with E-state index in [-0.39, 0.29) is 21.6 Å². The largest absolute Gasteiger partial charge is 0.497 e. The molecule has 4 rings (SSSR count). The molecule has 4 aromatic rings. The first-order valence-electron chi connectivity index (χ1n) is 8.97. The number of methoxy groups -OCH3 is 2. The van der Waals surface area contributed by atoms with Gasteiger partial charge in [-0.05, 0) is 54.6 Å². The molecule has 0 radical (unpaired) electrons. The molecule has 0 aliphatic carbocycles. The molecule has 8 heteroatoms. The van der Waals surface area contributed by atoms with Crippen LogP contribution in [0.5, 0.6) is 11.5 Å². The van der Waals surface area contributed by atoms with Gasteiger partial charge in [-0.1, -0.05) is 11.6 Å². The first kappa shape index (κ1) is 19.7. The van der Waals surface area contributed by atoms with Crippen LogP contribution in [0.1, 0.15) is 0 Å². The molecule has 0 aliphatic heterocycles. The van der Waals surface area contributed by atoms with E-state index >= 15 is 0 Å². The first-order chi connectivity index (χ1) is 14.5. The van der Waals surface area contributed by atoms with Gasteiger partial charge in [0.25, 0.3) is 0 Å². The van der Waals surface area contributed by atoms with Gasteiger partial charge in [-0.15, -0.1) is 0 Å². The van der Waals surface area contributed by atoms with Gasteiger partial charge in [-0.3, -0.25) is 9.36 Å². The van der Waals surface area contributed by atoms with E-state index < -0.39 is 5.82 Å². The third-order valence-corrected chi connectivity index (χ3v) is 4.86. The van der Waals surface area contributed by atoms with Gasteiger partial charge >= 0.3 is 0 Å². The zero-order valence-electron chi connectivity index (χ0n) is 16.1. The van der Waals surface area contributed by atoms with Crippen LogP contribution in [0.15, 0.2) is 65.5 Å². The third-order valence-electron chi connectivity index (χ3n) is 4.59. The monoisotopic (exact) mass is 425 g/mol. The summed E-state index contributed by atoms with van der Waals surface area (Å²) in [4.78, 5) is 16.8. The van der Waals surface area contributed by atoms with Gasteiger partial charge in [0.1, 0.15) is 17.3 Å². The summed E-state index contributed by atoms with van der Waals surface area (Å²) in [6, 6.07) is 16.9. The molecule has 6 nitrogen and oxygen atoms in total. The fourth-order valence-electron chi connectivity index (χ4n) is 3.10. The Morgan fingerprint density at radius 2 is 1.57 bits per heavy atom. The van der Waals surface area contributed by atoms with Crippen molar-refractivity contribution in [3.63, 3.8) is 0 Å². The lowest BCUT2D eigenvalue weighted by Gasteiger charge is -2.18. The van der Waals surface area contributed by atoms with Crippen molar-refractivity contribution < 1.29 is 13.9 Å². The molecule has 1 N–H and O–H groups in total. The Morgan fingerprint density at radius 1 is 0.967 bits per heavy atom. The molecule has 0 amide bonds. The van der Waals surface area contributed by atoms with Crippen molar-refractivity contribution in [1.29, 1.82) is 0 Å². The number of anilines is 2. The topological polar surface area (TPSA) is 65.4 Å². The van der Waals surface area contributed by atoms with E-state index in [4.69, 9.17) is 21.1 Å². The lowest BCUT2D eigenvalue weighted by atomic mass is 10.2. The number of nitrogens with zero attached hydrogens (tertiary/aromatic N) is 2. The summed E-state index contributed by atoms with van der Waals surface area (Å²) in [6.45, 7) is 0. The Balaban J connectivity index is 1.95. The lowest BCUT2D eigenvalue weighted by molar-refractivity contribution is 0.414. The van der Waals surface area contributed by atoms with E-state index in [9.17, 15) is 9.18 Å². The summed E-state index contributed by atoms with van der Waals surface area (Å²) in [6.07, 6.45) is 0. The molecule has 2 aromatic heterocycles. The van der Waals surface area contributed by atoms with Crippen molar-refractivity contribution in [2.45, 2.75) is 0 Å². The number of nitrogens with one attached hydrogen (secondary N) is 1. The minimum absolute atomic E-state index is 0.119. The maximum atomic E-state index is 14.0. The summed E-state index contributed by atoms with van der Waals surface area (Å²) in [5, 5.41) is 3.02. The quantitative estimate of drug-likeness (QED) is 0.459. The molecule has 30 heavy (non-hydrogen) atoms. The Kier molecular flexibility index (Phi) is 5.29. The second kappa shape index (κ2) is 8.04. The number of aromatic nitrogens is 2. The standard InChI is InChI=1S/C22H17ClFN3O3/c1-29-15-7-3-13(4-8-15)25-20-12-19(28)17-11-18(24)21(23)26-22(17)27(20)14-5-9-16(30-2)10-6-14/h3-12,25H,1-2H3. The second-order valence-corrected chi connectivity index (χ2v) is 6.77. The van der Waals surface area contributed by atoms with Gasteiger partial charge in [0, 0.05) is 17.4 Å². The van der Waals surface area contributed by atoms with Crippen molar-refractivity contribution in [2.24, 2.45) is 0 Å². The van der Waals surface area contributed by atoms with Crippen LogP contribution in [0.4, 0.5) is 15.9 Å². The fraction of sp³-hybridized carbons (Fsp3) is 0.0909. The molecular formula is C22H17ClFN3O3. The van der Waals surface area contributed by atoms with Crippen LogP contribution in [0, 0.1) is 5.82 Å². The minimum Gasteiger partial charge on any atom is -0.497 e. The summed E-state index contributed by atoms with van der Waals surface area (Å²) >= 11 is 5.94. The number of benzene rings is 2. The number of hydrogen-bond donors (Lipinski definition) is 1. The van der Waals surface area contributed by atoms with Gasteiger partial charge in [0.05, 0.1) is 19.6 Å². The van der Waals surface area contributed by atoms with E-state index in [1.807, 2.05) is 12.1 Å². The highest BCUT2D eigenvalue weighted by Gasteiger charge is 2.16. The van der Waals surface area contributed by atoms with Crippen molar-refractivity contribution in [1.82, 2.24) is 9.55 Å². The van der Waals surface area contributed by atoms with Gasteiger partial charge in [0.2, 0.25) is 0 Å². The van der Waals surface area contributed by atoms with E-state index in [0.29, 0.717) is 23.0 Å². The number of ether oxygens (including phenoxy) is 2. The number of rotatable bonds is 5. The van der Waals surface area contributed by atoms with Crippen LogP contribution < -0.4 is 20.2 Å². The molecule has 0 aliphatic rings. The molecule has 2 aromatic carbocycles. The molecule has 0 saturated carbocycles. The average molecular weight is 426 g/mol. The Labute approximate surface area is 176 Å². The molecule has 0 bridgehead atoms. The normalized spacial score (nSPS) is 10.8. The van der Waals surface area contributed by atoms with E-state index in [0.717, 1.165) is 11.8 Å². The van der Waals surface area contributed by atoms with Crippen molar-refractivity contribution >= 4 is 34.1 Å². The molecular weight excluding hydrogens is 409 g/mol. The van der Waals surface area contributed by atoms with Crippen LogP contribution in [-0.4, -0.2) is 23.8 Å². The molecule has 0 fully saturated rings. The molecule has 0 saturated heterocycles. The van der Waals surface area contributed by atoms with Gasteiger partial charge in [-0.25, -0.2) is 9.37 Å². The van der Waals surface area contributed by atoms with Crippen LogP contribution in [0.2, 0.25) is 5.15 Å². The Morgan fingerprint density at radius 3 is 2.17 bits per heavy atom. The zero-order valence-corrected chi connectivity index (χ0v) is 16.9. The first-order valence-corrected chi connectivity index (χ1v) is 9.35. The zero-order chi connectivity index (χ0) is 21.3. The van der Waals surface area contributed by atoms with Crippen molar-refractivity contribution in [3.8, 4) is 17.2 Å². The van der Waals surface area contributed by atoms with Gasteiger partial charge in [-0.2, -0.15) is 0 Å². The molecule has 0 atom stereocenters. The molecule has 0 unspecified atom stereocenters. The predicted octanol–water partition coefficient (Wildman–Crippen LogP) is 4.94. The smallest absolute Gasteiger partial charge is 0.193 e. The number of hydrogen-bond acceptors (Lipinski definition) is 5. The summed E-state index contributed by atoms with van der Waals surface area (Å²) in [5.74, 6) is 1.07. The number of pyridine rings is 2. The van der Waals surface area contributed by atoms with Crippen LogP contribution in [0.25, 0.3) is 16.7 Å². The SMILES string of the molecule is COc1ccc(Nc2cc(=O)c3cc(F)c(Cl)nc3n2-c2ccc(OC)cc2)cc1. The van der Waals surface area contributed by atoms with Crippen molar-refractivity contribution in [3.05, 3.63) is 81.9 Å². The van der Waals surface area contributed by atoms with Crippen LogP contribution in [-0.2, 0) is 0 Å². The highest BCUT2D eigenvalue weighted by atomic mass is 35.5. The van der Waals surface area contributed by atoms with E-state index in [1.165, 1.54) is 6.07 Å². The fourth-order valence-corrected chi connectivity index (χ4v) is 3.23. The Hall–Kier alpha value is -3.58. The third kappa shape index (κ3) is 3.67. The van der Waals surface area contributed by atoms with Crippen LogP contribution in [0.3, 0.4) is 0 Å². The van der Waals surface area contributed by atoms with Gasteiger partial charge in [0.15, 0.2) is 22.0 Å². The molecule has 152 valence electrons. The highest BCUT2D eigenvalue weighted by Crippen LogP contribution is 2.28. The van der Waals surface area contributed by atoms with Crippen LogP contribution >= 0.6 is 11.6 Å². The predicted molar refractivity (Wildman–Crippen MR) is 115 cm³/mol. The molecule has 0 spiro atoms. The lowest BCUT2D eigenvalue weighted by Crippen LogP contribution is -2.14. The maximum Gasteiger partial charge on any atom is 0.193 e. The maximum absolute atomic E-state index is 14.0. The van der Waals surface area contributed by atoms with Crippen molar-refractivity contribution in [2.75, 3.05) is 19.5 Å². The summed E-state index contributed by atoms with van der Waals surface area (Å²) in [5.41, 5.74) is 1.26. The molecule has 2 heterocycles. The minimum atomic E-state index is -0.751. The average Bonchev–Trinajstić information content (AvgIpc) is 2.76. The highest BCUT2D eigenvalue weighted by molar-refractivity contribution is 6.29. The number of fused-ring (bicyclic) bond motifs is 1. The summed E-state index contributed by atoms with van der Waals surface area (Å²) in [7, 11) is 3.16.